The van der Waals surface area contributed by atoms with Crippen LogP contribution in [0.1, 0.15) is 28.7 Å². The van der Waals surface area contributed by atoms with Crippen LogP contribution in [0.25, 0.3) is 11.3 Å². The third-order valence-corrected chi connectivity index (χ3v) is 3.74. The molecule has 0 bridgehead atoms. The van der Waals surface area contributed by atoms with E-state index in [0.717, 1.165) is 11.1 Å². The molecule has 6 heteroatoms. The van der Waals surface area contributed by atoms with Crippen molar-refractivity contribution in [2.24, 2.45) is 0 Å². The molecule has 1 amide bonds. The summed E-state index contributed by atoms with van der Waals surface area (Å²) in [5, 5.41) is 13.0. The van der Waals surface area contributed by atoms with E-state index < -0.39 is 11.5 Å². The third kappa shape index (κ3) is 3.23. The molecule has 0 saturated carbocycles. The van der Waals surface area contributed by atoms with Crippen molar-refractivity contribution >= 4 is 5.91 Å². The molecular formula is C18H18N2O4. The highest BCUT2D eigenvalue weighted by Gasteiger charge is 2.28. The second-order valence-electron chi connectivity index (χ2n) is 5.83. The van der Waals surface area contributed by atoms with Gasteiger partial charge in [0.2, 0.25) is 0 Å². The van der Waals surface area contributed by atoms with E-state index in [1.54, 1.807) is 19.1 Å². The number of furan rings is 1. The summed E-state index contributed by atoms with van der Waals surface area (Å²) >= 11 is 0. The molecule has 0 fully saturated rings. The van der Waals surface area contributed by atoms with Gasteiger partial charge in [0, 0.05) is 5.56 Å². The molecule has 0 spiro atoms. The van der Waals surface area contributed by atoms with E-state index in [-0.39, 0.29) is 12.2 Å². The van der Waals surface area contributed by atoms with Gasteiger partial charge in [-0.3, -0.25) is 4.79 Å². The zero-order valence-electron chi connectivity index (χ0n) is 13.4. The predicted molar refractivity (Wildman–Crippen MR) is 87.3 cm³/mol. The normalized spacial score (nSPS) is 13.5. The fraction of sp³-hybridized carbons (Fsp3) is 0.222. The molecule has 0 aliphatic carbocycles. The molecule has 2 aromatic heterocycles. The third-order valence-electron chi connectivity index (χ3n) is 3.74. The summed E-state index contributed by atoms with van der Waals surface area (Å²) in [6.07, 6.45) is 2.70. The molecule has 1 aromatic carbocycles. The highest BCUT2D eigenvalue weighted by molar-refractivity contribution is 5.97. The standard InChI is InChI=1S/C18H18N2O4/c1-12-5-7-13(8-6-12)16-15(20-11-24-16)17(21)19-10-18(2,22)14-4-3-9-23-14/h3-9,11,22H,10H2,1-2H3,(H,19,21). The maximum Gasteiger partial charge on any atom is 0.274 e. The van der Waals surface area contributed by atoms with Crippen molar-refractivity contribution in [2.75, 3.05) is 6.54 Å². The molecular weight excluding hydrogens is 308 g/mol. The number of benzene rings is 1. The first-order valence-corrected chi connectivity index (χ1v) is 7.52. The number of aliphatic hydroxyl groups is 1. The minimum atomic E-state index is -1.31. The van der Waals surface area contributed by atoms with Crippen LogP contribution in [-0.2, 0) is 5.60 Å². The van der Waals surface area contributed by atoms with Crippen molar-refractivity contribution in [1.82, 2.24) is 10.3 Å². The predicted octanol–water partition coefficient (Wildman–Crippen LogP) is 2.88. The molecule has 3 aromatic rings. The Bertz CT molecular complexity index is 817. The lowest BCUT2D eigenvalue weighted by Crippen LogP contribution is -2.38. The van der Waals surface area contributed by atoms with Crippen LogP contribution in [0.3, 0.4) is 0 Å². The average Bonchev–Trinajstić information content (AvgIpc) is 3.25. The smallest absolute Gasteiger partial charge is 0.274 e. The largest absolute Gasteiger partial charge is 0.466 e. The molecule has 0 saturated heterocycles. The van der Waals surface area contributed by atoms with Crippen molar-refractivity contribution in [3.05, 3.63) is 66.1 Å². The number of aromatic nitrogens is 1. The van der Waals surface area contributed by atoms with E-state index >= 15 is 0 Å². The number of nitrogens with one attached hydrogen (secondary N) is 1. The van der Waals surface area contributed by atoms with Gasteiger partial charge < -0.3 is 19.3 Å². The second-order valence-corrected chi connectivity index (χ2v) is 5.83. The summed E-state index contributed by atoms with van der Waals surface area (Å²) in [4.78, 5) is 16.4. The van der Waals surface area contributed by atoms with Gasteiger partial charge in [0.1, 0.15) is 11.4 Å². The molecule has 124 valence electrons. The van der Waals surface area contributed by atoms with Gasteiger partial charge >= 0.3 is 0 Å². The van der Waals surface area contributed by atoms with Gasteiger partial charge in [0.25, 0.3) is 5.91 Å². The van der Waals surface area contributed by atoms with Crippen LogP contribution in [0, 0.1) is 6.92 Å². The molecule has 6 nitrogen and oxygen atoms in total. The Balaban J connectivity index is 1.75. The molecule has 1 atom stereocenters. The second kappa shape index (κ2) is 6.33. The Labute approximate surface area is 139 Å². The lowest BCUT2D eigenvalue weighted by atomic mass is 10.0. The van der Waals surface area contributed by atoms with Crippen molar-refractivity contribution in [2.45, 2.75) is 19.4 Å². The Morgan fingerprint density at radius 1 is 1.25 bits per heavy atom. The molecule has 0 aliphatic heterocycles. The number of carbonyl (C=O) groups excluding carboxylic acids is 1. The maximum atomic E-state index is 12.4. The number of aryl methyl sites for hydroxylation is 1. The van der Waals surface area contributed by atoms with Gasteiger partial charge in [-0.05, 0) is 26.0 Å². The topological polar surface area (TPSA) is 88.5 Å². The van der Waals surface area contributed by atoms with Crippen LogP contribution in [0.5, 0.6) is 0 Å². The average molecular weight is 326 g/mol. The van der Waals surface area contributed by atoms with Gasteiger partial charge in [-0.2, -0.15) is 0 Å². The number of hydrogen-bond acceptors (Lipinski definition) is 5. The molecule has 1 unspecified atom stereocenters. The minimum absolute atomic E-state index is 0.0143. The number of nitrogens with zero attached hydrogens (tertiary/aromatic N) is 1. The minimum Gasteiger partial charge on any atom is -0.466 e. The fourth-order valence-electron chi connectivity index (χ4n) is 2.33. The SMILES string of the molecule is Cc1ccc(-c2ocnc2C(=O)NCC(C)(O)c2ccco2)cc1. The summed E-state index contributed by atoms with van der Waals surface area (Å²) in [5.41, 5.74) is 0.737. The Morgan fingerprint density at radius 3 is 2.67 bits per heavy atom. The van der Waals surface area contributed by atoms with Crippen LogP contribution in [0.2, 0.25) is 0 Å². The van der Waals surface area contributed by atoms with Crippen LogP contribution >= 0.6 is 0 Å². The quantitative estimate of drug-likeness (QED) is 0.752. The molecule has 24 heavy (non-hydrogen) atoms. The van der Waals surface area contributed by atoms with E-state index in [2.05, 4.69) is 10.3 Å². The van der Waals surface area contributed by atoms with Gasteiger partial charge in [0.15, 0.2) is 17.8 Å². The molecule has 2 N–H and O–H groups in total. The summed E-state index contributed by atoms with van der Waals surface area (Å²) in [5.74, 6) is 0.345. The summed E-state index contributed by atoms with van der Waals surface area (Å²) in [6.45, 7) is 3.53. The molecule has 0 aliphatic rings. The first-order chi connectivity index (χ1) is 11.5. The summed E-state index contributed by atoms with van der Waals surface area (Å²) in [6, 6.07) is 10.9. The monoisotopic (exact) mass is 326 g/mol. The van der Waals surface area contributed by atoms with E-state index in [4.69, 9.17) is 8.83 Å². The number of carbonyl (C=O) groups is 1. The van der Waals surface area contributed by atoms with Crippen LogP contribution in [-0.4, -0.2) is 22.5 Å². The Morgan fingerprint density at radius 2 is 2.00 bits per heavy atom. The lowest BCUT2D eigenvalue weighted by Gasteiger charge is -2.20. The number of hydrogen-bond donors (Lipinski definition) is 2. The summed E-state index contributed by atoms with van der Waals surface area (Å²) < 4.78 is 10.6. The van der Waals surface area contributed by atoms with Crippen molar-refractivity contribution < 1.29 is 18.7 Å². The van der Waals surface area contributed by atoms with Crippen LogP contribution in [0.4, 0.5) is 0 Å². The van der Waals surface area contributed by atoms with Gasteiger partial charge in [-0.15, -0.1) is 0 Å². The zero-order valence-corrected chi connectivity index (χ0v) is 13.4. The van der Waals surface area contributed by atoms with E-state index in [1.807, 2.05) is 31.2 Å². The van der Waals surface area contributed by atoms with Crippen LogP contribution in [0.15, 0.2) is 57.9 Å². The van der Waals surface area contributed by atoms with Gasteiger partial charge in [0.05, 0.1) is 12.8 Å². The van der Waals surface area contributed by atoms with Gasteiger partial charge in [-0.25, -0.2) is 4.98 Å². The summed E-state index contributed by atoms with van der Waals surface area (Å²) in [7, 11) is 0. The molecule has 3 rings (SSSR count). The zero-order chi connectivity index (χ0) is 17.2. The van der Waals surface area contributed by atoms with Gasteiger partial charge in [-0.1, -0.05) is 29.8 Å². The highest BCUT2D eigenvalue weighted by Crippen LogP contribution is 2.24. The Kier molecular flexibility index (Phi) is 4.22. The first-order valence-electron chi connectivity index (χ1n) is 7.52. The van der Waals surface area contributed by atoms with Crippen molar-refractivity contribution in [3.63, 3.8) is 0 Å². The fourth-order valence-corrected chi connectivity index (χ4v) is 2.33. The Hall–Kier alpha value is -2.86. The number of amides is 1. The van der Waals surface area contributed by atoms with Crippen molar-refractivity contribution in [1.29, 1.82) is 0 Å². The number of oxazole rings is 1. The molecule has 0 radical (unpaired) electrons. The number of rotatable bonds is 5. The van der Waals surface area contributed by atoms with Crippen molar-refractivity contribution in [3.8, 4) is 11.3 Å². The highest BCUT2D eigenvalue weighted by atomic mass is 16.4. The van der Waals surface area contributed by atoms with E-state index in [0.29, 0.717) is 11.5 Å². The van der Waals surface area contributed by atoms with Crippen LogP contribution < -0.4 is 5.32 Å². The van der Waals surface area contributed by atoms with E-state index in [9.17, 15) is 9.90 Å². The first kappa shape index (κ1) is 16.0. The molecule has 2 heterocycles. The lowest BCUT2D eigenvalue weighted by molar-refractivity contribution is 0.0329. The maximum absolute atomic E-state index is 12.4. The van der Waals surface area contributed by atoms with E-state index in [1.165, 1.54) is 12.7 Å².